The predicted octanol–water partition coefficient (Wildman–Crippen LogP) is 1.83. The molecule has 0 aliphatic rings. The SMILES string of the molecule is NCCCn1c(=O)[nH]c2scc(-c3cccs3)c2c1=O. The highest BCUT2D eigenvalue weighted by molar-refractivity contribution is 7.18. The number of nitrogens with zero attached hydrogens (tertiary/aromatic N) is 1. The van der Waals surface area contributed by atoms with Crippen LogP contribution in [0.3, 0.4) is 0 Å². The van der Waals surface area contributed by atoms with Gasteiger partial charge in [-0.15, -0.1) is 22.7 Å². The van der Waals surface area contributed by atoms with E-state index < -0.39 is 0 Å². The minimum atomic E-state index is -0.365. The monoisotopic (exact) mass is 307 g/mol. The van der Waals surface area contributed by atoms with Gasteiger partial charge in [-0.3, -0.25) is 14.3 Å². The summed E-state index contributed by atoms with van der Waals surface area (Å²) in [5.74, 6) is 0. The number of hydrogen-bond donors (Lipinski definition) is 2. The molecule has 20 heavy (non-hydrogen) atoms. The highest BCUT2D eigenvalue weighted by atomic mass is 32.1. The van der Waals surface area contributed by atoms with Crippen LogP contribution in [-0.2, 0) is 6.54 Å². The van der Waals surface area contributed by atoms with E-state index in [1.54, 1.807) is 11.3 Å². The van der Waals surface area contributed by atoms with Crippen molar-refractivity contribution in [2.45, 2.75) is 13.0 Å². The second kappa shape index (κ2) is 5.35. The lowest BCUT2D eigenvalue weighted by Crippen LogP contribution is -2.35. The summed E-state index contributed by atoms with van der Waals surface area (Å²) in [6, 6.07) is 3.92. The maximum absolute atomic E-state index is 12.5. The molecule has 3 rings (SSSR count). The van der Waals surface area contributed by atoms with E-state index in [1.807, 2.05) is 22.9 Å². The van der Waals surface area contributed by atoms with Crippen molar-refractivity contribution in [1.82, 2.24) is 9.55 Å². The van der Waals surface area contributed by atoms with Crippen molar-refractivity contribution in [3.05, 3.63) is 43.7 Å². The summed E-state index contributed by atoms with van der Waals surface area (Å²) in [7, 11) is 0. The van der Waals surface area contributed by atoms with E-state index in [0.717, 1.165) is 10.4 Å². The summed E-state index contributed by atoms with van der Waals surface area (Å²) < 4.78 is 1.24. The van der Waals surface area contributed by atoms with E-state index in [2.05, 4.69) is 4.98 Å². The molecule has 0 aliphatic carbocycles. The Morgan fingerprint density at radius 3 is 2.85 bits per heavy atom. The molecule has 0 fully saturated rings. The van der Waals surface area contributed by atoms with Crippen LogP contribution < -0.4 is 17.0 Å². The maximum atomic E-state index is 12.5. The van der Waals surface area contributed by atoms with E-state index in [-0.39, 0.29) is 11.2 Å². The molecule has 0 bridgehead atoms. The van der Waals surface area contributed by atoms with Crippen molar-refractivity contribution in [3.63, 3.8) is 0 Å². The Balaban J connectivity index is 2.26. The van der Waals surface area contributed by atoms with Crippen LogP contribution in [0.15, 0.2) is 32.5 Å². The fourth-order valence-corrected chi connectivity index (χ4v) is 3.88. The van der Waals surface area contributed by atoms with Crippen LogP contribution in [0.25, 0.3) is 20.7 Å². The number of hydrogen-bond acceptors (Lipinski definition) is 5. The highest BCUT2D eigenvalue weighted by Crippen LogP contribution is 2.32. The Kier molecular flexibility index (Phi) is 3.56. The number of nitrogens with one attached hydrogen (secondary N) is 1. The molecule has 3 N–H and O–H groups in total. The van der Waals surface area contributed by atoms with E-state index >= 15 is 0 Å². The number of thiophene rings is 2. The number of H-pyrrole nitrogens is 1. The van der Waals surface area contributed by atoms with E-state index in [9.17, 15) is 9.59 Å². The molecule has 0 spiro atoms. The minimum absolute atomic E-state index is 0.234. The lowest BCUT2D eigenvalue weighted by molar-refractivity contribution is 0.604. The molecule has 5 nitrogen and oxygen atoms in total. The Hall–Kier alpha value is -1.70. The molecule has 0 atom stereocenters. The Bertz CT molecular complexity index is 843. The molecule has 104 valence electrons. The van der Waals surface area contributed by atoms with Crippen molar-refractivity contribution < 1.29 is 0 Å². The molecule has 0 aromatic carbocycles. The summed E-state index contributed by atoms with van der Waals surface area (Å²) in [5, 5.41) is 4.48. The van der Waals surface area contributed by atoms with E-state index in [1.165, 1.54) is 15.9 Å². The van der Waals surface area contributed by atoms with Gasteiger partial charge in [-0.2, -0.15) is 0 Å². The van der Waals surface area contributed by atoms with E-state index in [4.69, 9.17) is 5.73 Å². The first-order valence-corrected chi connectivity index (χ1v) is 7.96. The molecule has 0 saturated heterocycles. The molecule has 0 saturated carbocycles. The summed E-state index contributed by atoms with van der Waals surface area (Å²) >= 11 is 2.96. The predicted molar refractivity (Wildman–Crippen MR) is 83.7 cm³/mol. The van der Waals surface area contributed by atoms with Crippen LogP contribution >= 0.6 is 22.7 Å². The standard InChI is InChI=1S/C13H13N3O2S2/c14-4-2-5-16-12(17)10-8(9-3-1-6-19-9)7-20-11(10)15-13(16)18/h1,3,6-7H,2,4-5,14H2,(H,15,18). The zero-order chi connectivity index (χ0) is 14.1. The van der Waals surface area contributed by atoms with Crippen LogP contribution in [0.5, 0.6) is 0 Å². The van der Waals surface area contributed by atoms with Crippen molar-refractivity contribution in [1.29, 1.82) is 0 Å². The van der Waals surface area contributed by atoms with Gasteiger partial charge in [0.1, 0.15) is 4.83 Å². The molecule has 0 aliphatic heterocycles. The van der Waals surface area contributed by atoms with Gasteiger partial charge >= 0.3 is 5.69 Å². The Morgan fingerprint density at radius 2 is 2.15 bits per heavy atom. The van der Waals surface area contributed by atoms with Gasteiger partial charge < -0.3 is 5.73 Å². The number of fused-ring (bicyclic) bond motifs is 1. The molecule has 0 unspecified atom stereocenters. The molecule has 3 aromatic rings. The lowest BCUT2D eigenvalue weighted by Gasteiger charge is -2.04. The van der Waals surface area contributed by atoms with E-state index in [0.29, 0.717) is 29.7 Å². The first kappa shape index (κ1) is 13.3. The molecular formula is C13H13N3O2S2. The number of nitrogens with two attached hydrogens (primary N) is 1. The fourth-order valence-electron chi connectivity index (χ4n) is 2.12. The van der Waals surface area contributed by atoms with Crippen LogP contribution in [0, 0.1) is 0 Å². The van der Waals surface area contributed by atoms with Crippen molar-refractivity contribution in [2.24, 2.45) is 5.73 Å². The third kappa shape index (κ3) is 2.13. The molecule has 3 heterocycles. The van der Waals surface area contributed by atoms with Crippen LogP contribution in [0.1, 0.15) is 6.42 Å². The average molecular weight is 307 g/mol. The molecule has 7 heteroatoms. The van der Waals surface area contributed by atoms with Gasteiger partial charge in [-0.05, 0) is 24.4 Å². The summed E-state index contributed by atoms with van der Waals surface area (Å²) in [6.45, 7) is 0.797. The van der Waals surface area contributed by atoms with Crippen LogP contribution in [-0.4, -0.2) is 16.1 Å². The lowest BCUT2D eigenvalue weighted by atomic mass is 10.2. The number of aromatic amines is 1. The first-order chi connectivity index (χ1) is 9.72. The number of aromatic nitrogens is 2. The van der Waals surface area contributed by atoms with Gasteiger partial charge in [0.15, 0.2) is 0 Å². The van der Waals surface area contributed by atoms with Gasteiger partial charge in [0.2, 0.25) is 0 Å². The normalized spacial score (nSPS) is 11.2. The minimum Gasteiger partial charge on any atom is -0.330 e. The zero-order valence-corrected chi connectivity index (χ0v) is 12.2. The maximum Gasteiger partial charge on any atom is 0.329 e. The molecule has 0 amide bonds. The fraction of sp³-hybridized carbons (Fsp3) is 0.231. The Labute approximate surface area is 122 Å². The van der Waals surface area contributed by atoms with Gasteiger partial charge in [-0.25, -0.2) is 4.79 Å². The zero-order valence-electron chi connectivity index (χ0n) is 10.6. The molecule has 0 radical (unpaired) electrons. The van der Waals surface area contributed by atoms with Gasteiger partial charge in [0.05, 0.1) is 5.39 Å². The van der Waals surface area contributed by atoms with Gasteiger partial charge in [-0.1, -0.05) is 6.07 Å². The quantitative estimate of drug-likeness (QED) is 0.771. The third-order valence-corrected chi connectivity index (χ3v) is 4.89. The largest absolute Gasteiger partial charge is 0.330 e. The smallest absolute Gasteiger partial charge is 0.329 e. The van der Waals surface area contributed by atoms with Crippen LogP contribution in [0.2, 0.25) is 0 Å². The topological polar surface area (TPSA) is 80.9 Å². The average Bonchev–Trinajstić information content (AvgIpc) is 3.06. The second-order valence-corrected chi connectivity index (χ2v) is 6.19. The first-order valence-electron chi connectivity index (χ1n) is 6.20. The van der Waals surface area contributed by atoms with Gasteiger partial charge in [0, 0.05) is 22.4 Å². The summed E-state index contributed by atoms with van der Waals surface area (Å²) in [5.41, 5.74) is 5.74. The molecule has 3 aromatic heterocycles. The second-order valence-electron chi connectivity index (χ2n) is 4.36. The summed E-state index contributed by atoms with van der Waals surface area (Å²) in [6.07, 6.45) is 0.604. The molecular weight excluding hydrogens is 294 g/mol. The van der Waals surface area contributed by atoms with Crippen molar-refractivity contribution in [2.75, 3.05) is 6.54 Å². The number of rotatable bonds is 4. The highest BCUT2D eigenvalue weighted by Gasteiger charge is 2.15. The Morgan fingerprint density at radius 1 is 1.30 bits per heavy atom. The third-order valence-electron chi connectivity index (χ3n) is 3.09. The van der Waals surface area contributed by atoms with Crippen molar-refractivity contribution >= 4 is 32.9 Å². The van der Waals surface area contributed by atoms with Crippen LogP contribution in [0.4, 0.5) is 0 Å². The van der Waals surface area contributed by atoms with Gasteiger partial charge in [0.25, 0.3) is 5.56 Å². The van der Waals surface area contributed by atoms with Crippen molar-refractivity contribution in [3.8, 4) is 10.4 Å². The summed E-state index contributed by atoms with van der Waals surface area (Å²) in [4.78, 5) is 28.9.